The summed E-state index contributed by atoms with van der Waals surface area (Å²) < 4.78 is 0. The summed E-state index contributed by atoms with van der Waals surface area (Å²) in [7, 11) is 0. The maximum Gasteiger partial charge on any atom is 0.303 e. The first-order chi connectivity index (χ1) is 9.16. The Hall–Kier alpha value is -1.10. The second-order valence-corrected chi connectivity index (χ2v) is 5.70. The largest absolute Gasteiger partial charge is 0.481 e. The van der Waals surface area contributed by atoms with E-state index in [1.54, 1.807) is 0 Å². The SMILES string of the molecule is O=C(O)CCC1CCN(C(=O)C2CCCCN2)CC1. The van der Waals surface area contributed by atoms with Gasteiger partial charge in [-0.1, -0.05) is 6.42 Å². The van der Waals surface area contributed by atoms with Gasteiger partial charge in [0.25, 0.3) is 0 Å². The van der Waals surface area contributed by atoms with Crippen LogP contribution in [0, 0.1) is 5.92 Å². The molecule has 1 unspecified atom stereocenters. The van der Waals surface area contributed by atoms with Crippen LogP contribution in [0.1, 0.15) is 44.9 Å². The summed E-state index contributed by atoms with van der Waals surface area (Å²) in [6, 6.07) is 0.0179. The first-order valence-electron chi connectivity index (χ1n) is 7.41. The summed E-state index contributed by atoms with van der Waals surface area (Å²) in [6.07, 6.45) is 6.16. The maximum absolute atomic E-state index is 12.3. The van der Waals surface area contributed by atoms with Gasteiger partial charge in [0.05, 0.1) is 6.04 Å². The number of carbonyl (C=O) groups excluding carboxylic acids is 1. The van der Waals surface area contributed by atoms with Crippen LogP contribution in [0.25, 0.3) is 0 Å². The number of hydrogen-bond donors (Lipinski definition) is 2. The molecule has 0 aromatic carbocycles. The summed E-state index contributed by atoms with van der Waals surface area (Å²) in [6.45, 7) is 2.54. The molecule has 5 nitrogen and oxygen atoms in total. The lowest BCUT2D eigenvalue weighted by molar-refractivity contribution is -0.138. The average Bonchev–Trinajstić information content (AvgIpc) is 2.46. The van der Waals surface area contributed by atoms with Gasteiger partial charge in [-0.25, -0.2) is 0 Å². The number of aliphatic carboxylic acids is 1. The number of rotatable bonds is 4. The molecule has 5 heteroatoms. The van der Waals surface area contributed by atoms with E-state index in [4.69, 9.17) is 5.11 Å². The van der Waals surface area contributed by atoms with Crippen LogP contribution in [-0.2, 0) is 9.59 Å². The zero-order valence-electron chi connectivity index (χ0n) is 11.4. The van der Waals surface area contributed by atoms with Crippen LogP contribution in [0.3, 0.4) is 0 Å². The van der Waals surface area contributed by atoms with Crippen LogP contribution in [-0.4, -0.2) is 47.6 Å². The van der Waals surface area contributed by atoms with Crippen molar-refractivity contribution in [1.29, 1.82) is 0 Å². The first-order valence-corrected chi connectivity index (χ1v) is 7.41. The molecule has 0 saturated carbocycles. The van der Waals surface area contributed by atoms with Gasteiger partial charge >= 0.3 is 5.97 Å². The molecular formula is C14H24N2O3. The molecule has 108 valence electrons. The molecule has 1 amide bonds. The number of carboxylic acid groups (broad SMARTS) is 1. The Balaban J connectivity index is 1.72. The second kappa shape index (κ2) is 6.89. The number of nitrogens with zero attached hydrogens (tertiary/aromatic N) is 1. The zero-order valence-corrected chi connectivity index (χ0v) is 11.4. The minimum absolute atomic E-state index is 0.0179. The summed E-state index contributed by atoms with van der Waals surface area (Å²) in [5, 5.41) is 12.0. The van der Waals surface area contributed by atoms with E-state index in [0.29, 0.717) is 5.92 Å². The van der Waals surface area contributed by atoms with E-state index in [0.717, 1.165) is 51.7 Å². The molecule has 2 heterocycles. The molecule has 0 bridgehead atoms. The van der Waals surface area contributed by atoms with Crippen LogP contribution in [0.5, 0.6) is 0 Å². The van der Waals surface area contributed by atoms with Crippen molar-refractivity contribution in [3.05, 3.63) is 0 Å². The molecule has 1 atom stereocenters. The fraction of sp³-hybridized carbons (Fsp3) is 0.857. The lowest BCUT2D eigenvalue weighted by atomic mass is 9.91. The topological polar surface area (TPSA) is 69.6 Å². The van der Waals surface area contributed by atoms with Crippen LogP contribution < -0.4 is 5.32 Å². The molecule has 0 radical (unpaired) electrons. The Morgan fingerprint density at radius 3 is 2.47 bits per heavy atom. The highest BCUT2D eigenvalue weighted by atomic mass is 16.4. The molecule has 0 spiro atoms. The number of nitrogens with one attached hydrogen (secondary N) is 1. The monoisotopic (exact) mass is 268 g/mol. The van der Waals surface area contributed by atoms with Gasteiger partial charge in [-0.15, -0.1) is 0 Å². The lowest BCUT2D eigenvalue weighted by Crippen LogP contribution is -2.50. The summed E-state index contributed by atoms with van der Waals surface area (Å²) >= 11 is 0. The number of piperidine rings is 2. The highest BCUT2D eigenvalue weighted by Crippen LogP contribution is 2.23. The third-order valence-corrected chi connectivity index (χ3v) is 4.30. The number of hydrogen-bond acceptors (Lipinski definition) is 3. The van der Waals surface area contributed by atoms with Gasteiger partial charge in [0.15, 0.2) is 0 Å². The Kier molecular flexibility index (Phi) is 5.19. The summed E-state index contributed by atoms with van der Waals surface area (Å²) in [4.78, 5) is 24.8. The van der Waals surface area contributed by atoms with Gasteiger partial charge in [0.1, 0.15) is 0 Å². The molecule has 2 rings (SSSR count). The molecular weight excluding hydrogens is 244 g/mol. The first kappa shape index (κ1) is 14.3. The Morgan fingerprint density at radius 1 is 1.16 bits per heavy atom. The molecule has 0 aromatic heterocycles. The number of amides is 1. The predicted molar refractivity (Wildman–Crippen MR) is 71.8 cm³/mol. The van der Waals surface area contributed by atoms with Crippen molar-refractivity contribution in [2.75, 3.05) is 19.6 Å². The quantitative estimate of drug-likeness (QED) is 0.804. The van der Waals surface area contributed by atoms with E-state index in [9.17, 15) is 9.59 Å². The van der Waals surface area contributed by atoms with Gasteiger partial charge in [-0.2, -0.15) is 0 Å². The zero-order chi connectivity index (χ0) is 13.7. The fourth-order valence-electron chi connectivity index (χ4n) is 3.05. The fourth-order valence-corrected chi connectivity index (χ4v) is 3.05. The number of carbonyl (C=O) groups is 2. The van der Waals surface area contributed by atoms with Gasteiger partial charge < -0.3 is 15.3 Å². The third kappa shape index (κ3) is 4.20. The highest BCUT2D eigenvalue weighted by Gasteiger charge is 2.28. The normalized spacial score (nSPS) is 25.3. The van der Waals surface area contributed by atoms with Crippen molar-refractivity contribution < 1.29 is 14.7 Å². The van der Waals surface area contributed by atoms with Gasteiger partial charge in [0.2, 0.25) is 5.91 Å². The molecule has 2 fully saturated rings. The number of carboxylic acids is 1. The van der Waals surface area contributed by atoms with Crippen molar-refractivity contribution >= 4 is 11.9 Å². The molecule has 2 aliphatic heterocycles. The van der Waals surface area contributed by atoms with E-state index in [1.807, 2.05) is 4.90 Å². The smallest absolute Gasteiger partial charge is 0.303 e. The average molecular weight is 268 g/mol. The highest BCUT2D eigenvalue weighted by molar-refractivity contribution is 5.82. The Bertz CT molecular complexity index is 319. The Morgan fingerprint density at radius 2 is 1.89 bits per heavy atom. The molecule has 2 saturated heterocycles. The predicted octanol–water partition coefficient (Wildman–Crippen LogP) is 1.23. The second-order valence-electron chi connectivity index (χ2n) is 5.70. The van der Waals surface area contributed by atoms with E-state index >= 15 is 0 Å². The van der Waals surface area contributed by atoms with Crippen molar-refractivity contribution in [1.82, 2.24) is 10.2 Å². The lowest BCUT2D eigenvalue weighted by Gasteiger charge is -2.35. The van der Waals surface area contributed by atoms with E-state index in [2.05, 4.69) is 5.32 Å². The van der Waals surface area contributed by atoms with Gasteiger partial charge in [-0.05, 0) is 44.6 Å². The minimum Gasteiger partial charge on any atom is -0.481 e. The molecule has 2 N–H and O–H groups in total. The molecule has 2 aliphatic rings. The van der Waals surface area contributed by atoms with E-state index < -0.39 is 5.97 Å². The standard InChI is InChI=1S/C14H24N2O3/c17-13(18)5-4-11-6-9-16(10-7-11)14(19)12-3-1-2-8-15-12/h11-12,15H,1-10H2,(H,17,18). The van der Waals surface area contributed by atoms with Gasteiger partial charge in [-0.3, -0.25) is 9.59 Å². The van der Waals surface area contributed by atoms with Crippen molar-refractivity contribution in [2.24, 2.45) is 5.92 Å². The van der Waals surface area contributed by atoms with Crippen LogP contribution in [0.15, 0.2) is 0 Å². The van der Waals surface area contributed by atoms with Crippen molar-refractivity contribution in [2.45, 2.75) is 51.0 Å². The van der Waals surface area contributed by atoms with E-state index in [1.165, 1.54) is 6.42 Å². The van der Waals surface area contributed by atoms with E-state index in [-0.39, 0.29) is 18.4 Å². The van der Waals surface area contributed by atoms with Crippen molar-refractivity contribution in [3.63, 3.8) is 0 Å². The summed E-state index contributed by atoms with van der Waals surface area (Å²) in [5.41, 5.74) is 0. The van der Waals surface area contributed by atoms with Crippen LogP contribution >= 0.6 is 0 Å². The number of likely N-dealkylation sites (tertiary alicyclic amines) is 1. The molecule has 0 aliphatic carbocycles. The third-order valence-electron chi connectivity index (χ3n) is 4.30. The van der Waals surface area contributed by atoms with Gasteiger partial charge in [0, 0.05) is 19.5 Å². The van der Waals surface area contributed by atoms with Crippen molar-refractivity contribution in [3.8, 4) is 0 Å². The minimum atomic E-state index is -0.718. The maximum atomic E-state index is 12.3. The van der Waals surface area contributed by atoms with Crippen LogP contribution in [0.4, 0.5) is 0 Å². The molecule has 19 heavy (non-hydrogen) atoms. The molecule has 0 aromatic rings. The summed E-state index contributed by atoms with van der Waals surface area (Å²) in [5.74, 6) is 0.000705. The Labute approximate surface area is 114 Å². The van der Waals surface area contributed by atoms with Crippen LogP contribution in [0.2, 0.25) is 0 Å².